The molecule has 156 valence electrons. The number of carbonyl (C=O) groups is 2. The van der Waals surface area contributed by atoms with Crippen LogP contribution >= 0.6 is 0 Å². The summed E-state index contributed by atoms with van der Waals surface area (Å²) in [4.78, 5) is 28.5. The lowest BCUT2D eigenvalue weighted by Crippen LogP contribution is -2.52. The van der Waals surface area contributed by atoms with E-state index in [1.807, 2.05) is 6.07 Å². The minimum atomic E-state index is -3.71. The van der Waals surface area contributed by atoms with Crippen LogP contribution in [0.3, 0.4) is 0 Å². The highest BCUT2D eigenvalue weighted by Gasteiger charge is 2.31. The Labute approximate surface area is 170 Å². The van der Waals surface area contributed by atoms with Crippen LogP contribution in [-0.2, 0) is 19.6 Å². The minimum absolute atomic E-state index is 0.00643. The third-order valence-corrected chi connectivity index (χ3v) is 6.50. The summed E-state index contributed by atoms with van der Waals surface area (Å²) in [5.41, 5.74) is 0.389. The first-order valence-corrected chi connectivity index (χ1v) is 11.1. The van der Waals surface area contributed by atoms with Gasteiger partial charge >= 0.3 is 0 Å². The smallest absolute Gasteiger partial charge is 0.253 e. The topological polar surface area (TPSA) is 120 Å². The quantitative estimate of drug-likeness (QED) is 0.663. The molecule has 2 amide bonds. The zero-order chi connectivity index (χ0) is 20.9. The Kier molecular flexibility index (Phi) is 6.84. The first-order valence-electron chi connectivity index (χ1n) is 9.59. The van der Waals surface area contributed by atoms with Gasteiger partial charge in [0.05, 0.1) is 11.0 Å². The van der Waals surface area contributed by atoms with E-state index in [0.717, 1.165) is 12.8 Å². The molecule has 1 aromatic rings. The Morgan fingerprint density at radius 1 is 1.14 bits per heavy atom. The highest BCUT2D eigenvalue weighted by atomic mass is 32.2. The summed E-state index contributed by atoms with van der Waals surface area (Å²) in [5.74, 6) is -0.205. The van der Waals surface area contributed by atoms with Gasteiger partial charge in [-0.05, 0) is 37.1 Å². The lowest BCUT2D eigenvalue weighted by molar-refractivity contribution is -0.142. The molecule has 1 unspecified atom stereocenters. The van der Waals surface area contributed by atoms with Crippen molar-refractivity contribution in [2.24, 2.45) is 0 Å². The first kappa shape index (κ1) is 21.2. The average molecular weight is 420 g/mol. The molecule has 0 radical (unpaired) electrons. The van der Waals surface area contributed by atoms with Gasteiger partial charge in [-0.2, -0.15) is 5.26 Å². The number of nitrogens with one attached hydrogen (secondary N) is 1. The van der Waals surface area contributed by atoms with E-state index in [9.17, 15) is 18.0 Å². The maximum absolute atomic E-state index is 12.7. The van der Waals surface area contributed by atoms with Crippen LogP contribution in [0.2, 0.25) is 0 Å². The number of amides is 2. The monoisotopic (exact) mass is 420 g/mol. The zero-order valence-electron chi connectivity index (χ0n) is 16.0. The number of hydrogen-bond acceptors (Lipinski definition) is 6. The molecule has 9 nitrogen and oxygen atoms in total. The third-order valence-electron chi connectivity index (χ3n) is 5.02. The van der Waals surface area contributed by atoms with Gasteiger partial charge in [0.25, 0.3) is 11.8 Å². The molecule has 10 heteroatoms. The first-order chi connectivity index (χ1) is 13.9. The van der Waals surface area contributed by atoms with Gasteiger partial charge in [0.1, 0.15) is 6.10 Å². The molecule has 29 heavy (non-hydrogen) atoms. The van der Waals surface area contributed by atoms with E-state index < -0.39 is 10.0 Å². The predicted molar refractivity (Wildman–Crippen MR) is 103 cm³/mol. The van der Waals surface area contributed by atoms with E-state index in [1.165, 1.54) is 24.3 Å². The molecule has 0 aromatic heterocycles. The van der Waals surface area contributed by atoms with Crippen LogP contribution in [0.1, 0.15) is 29.6 Å². The summed E-state index contributed by atoms with van der Waals surface area (Å²) in [5, 5.41) is 8.50. The number of nitrogens with zero attached hydrogens (tertiary/aromatic N) is 3. The Morgan fingerprint density at radius 2 is 1.79 bits per heavy atom. The molecular weight excluding hydrogens is 396 g/mol. The van der Waals surface area contributed by atoms with Gasteiger partial charge in [-0.1, -0.05) is 0 Å². The van der Waals surface area contributed by atoms with E-state index in [4.69, 9.17) is 10.00 Å². The molecule has 1 N–H and O–H groups in total. The lowest BCUT2D eigenvalue weighted by atomic mass is 10.1. The number of carbonyl (C=O) groups excluding carboxylic acids is 2. The van der Waals surface area contributed by atoms with Gasteiger partial charge < -0.3 is 14.5 Å². The van der Waals surface area contributed by atoms with Gasteiger partial charge in [0, 0.05) is 51.3 Å². The van der Waals surface area contributed by atoms with Crippen LogP contribution in [0, 0.1) is 11.3 Å². The molecular formula is C19H24N4O5S. The predicted octanol–water partition coefficient (Wildman–Crippen LogP) is 0.342. The average Bonchev–Trinajstić information content (AvgIpc) is 3.28. The van der Waals surface area contributed by atoms with Crippen LogP contribution in [-0.4, -0.2) is 75.5 Å². The summed E-state index contributed by atoms with van der Waals surface area (Å²) < 4.78 is 32.0. The van der Waals surface area contributed by atoms with Crippen molar-refractivity contribution in [3.63, 3.8) is 0 Å². The van der Waals surface area contributed by atoms with Crippen molar-refractivity contribution in [1.82, 2.24) is 14.5 Å². The van der Waals surface area contributed by atoms with Crippen molar-refractivity contribution in [2.75, 3.05) is 39.3 Å². The van der Waals surface area contributed by atoms with Crippen molar-refractivity contribution in [2.45, 2.75) is 30.3 Å². The largest absolute Gasteiger partial charge is 0.368 e. The van der Waals surface area contributed by atoms with Gasteiger partial charge in [-0.25, -0.2) is 13.1 Å². The molecule has 1 atom stereocenters. The number of ether oxygens (including phenoxy) is 1. The standard InChI is InChI=1S/C19H24N4O5S/c20-8-2-9-21-29(26,27)16-6-4-15(5-7-16)18(24)22-10-12-23(13-11-22)19(25)17-3-1-14-28-17/h4-7,17,21H,1-3,9-14H2. The Balaban J connectivity index is 1.56. The van der Waals surface area contributed by atoms with Crippen LogP contribution in [0.4, 0.5) is 0 Å². The molecule has 2 aliphatic rings. The van der Waals surface area contributed by atoms with E-state index in [0.29, 0.717) is 38.3 Å². The molecule has 0 saturated carbocycles. The fraction of sp³-hybridized carbons (Fsp3) is 0.526. The van der Waals surface area contributed by atoms with Crippen molar-refractivity contribution < 1.29 is 22.7 Å². The van der Waals surface area contributed by atoms with Gasteiger partial charge in [0.15, 0.2) is 0 Å². The summed E-state index contributed by atoms with van der Waals surface area (Å²) in [6.45, 7) is 2.42. The lowest BCUT2D eigenvalue weighted by Gasteiger charge is -2.35. The summed E-state index contributed by atoms with van der Waals surface area (Å²) in [6, 6.07) is 7.57. The molecule has 2 fully saturated rings. The SMILES string of the molecule is N#CCCNS(=O)(=O)c1ccc(C(=O)N2CCN(C(=O)C3CCCO3)CC2)cc1. The fourth-order valence-electron chi connectivity index (χ4n) is 3.39. The Morgan fingerprint density at radius 3 is 2.38 bits per heavy atom. The molecule has 2 aliphatic heterocycles. The number of benzene rings is 1. The number of sulfonamides is 1. The Hall–Kier alpha value is -2.48. The van der Waals surface area contributed by atoms with Crippen LogP contribution < -0.4 is 4.72 Å². The van der Waals surface area contributed by atoms with Crippen LogP contribution in [0.15, 0.2) is 29.2 Å². The second-order valence-corrected chi connectivity index (χ2v) is 8.72. The number of nitriles is 1. The van der Waals surface area contributed by atoms with Crippen molar-refractivity contribution in [3.05, 3.63) is 29.8 Å². The van der Waals surface area contributed by atoms with Gasteiger partial charge in [0.2, 0.25) is 10.0 Å². The summed E-state index contributed by atoms with van der Waals surface area (Å²) in [6.07, 6.45) is 1.37. The van der Waals surface area contributed by atoms with Crippen LogP contribution in [0.25, 0.3) is 0 Å². The highest BCUT2D eigenvalue weighted by Crippen LogP contribution is 2.17. The van der Waals surface area contributed by atoms with E-state index in [1.54, 1.807) is 9.80 Å². The highest BCUT2D eigenvalue weighted by molar-refractivity contribution is 7.89. The molecule has 0 bridgehead atoms. The summed E-state index contributed by atoms with van der Waals surface area (Å²) in [7, 11) is -3.71. The number of piperazine rings is 1. The van der Waals surface area contributed by atoms with E-state index >= 15 is 0 Å². The Bertz CT molecular complexity index is 880. The minimum Gasteiger partial charge on any atom is -0.368 e. The van der Waals surface area contributed by atoms with Crippen molar-refractivity contribution in [3.8, 4) is 6.07 Å². The van der Waals surface area contributed by atoms with Crippen molar-refractivity contribution >= 4 is 21.8 Å². The van der Waals surface area contributed by atoms with Crippen molar-refractivity contribution in [1.29, 1.82) is 5.26 Å². The molecule has 0 spiro atoms. The van der Waals surface area contributed by atoms with E-state index in [-0.39, 0.29) is 35.8 Å². The zero-order valence-corrected chi connectivity index (χ0v) is 16.9. The normalized spacial score (nSPS) is 19.8. The van der Waals surface area contributed by atoms with Gasteiger partial charge in [-0.3, -0.25) is 9.59 Å². The second-order valence-electron chi connectivity index (χ2n) is 6.95. The second kappa shape index (κ2) is 9.35. The summed E-state index contributed by atoms with van der Waals surface area (Å²) >= 11 is 0. The molecule has 3 rings (SSSR count). The maximum Gasteiger partial charge on any atom is 0.253 e. The molecule has 1 aromatic carbocycles. The molecule has 2 saturated heterocycles. The van der Waals surface area contributed by atoms with E-state index in [2.05, 4.69) is 4.72 Å². The molecule has 0 aliphatic carbocycles. The van der Waals surface area contributed by atoms with Crippen LogP contribution in [0.5, 0.6) is 0 Å². The third kappa shape index (κ3) is 5.12. The number of hydrogen-bond donors (Lipinski definition) is 1. The molecule has 2 heterocycles. The number of rotatable bonds is 6. The maximum atomic E-state index is 12.7. The van der Waals surface area contributed by atoms with Gasteiger partial charge in [-0.15, -0.1) is 0 Å². The fourth-order valence-corrected chi connectivity index (χ4v) is 4.42.